The Bertz CT molecular complexity index is 333. The maximum Gasteiger partial charge on any atom is 0.434 e. The van der Waals surface area contributed by atoms with Crippen molar-refractivity contribution in [1.29, 1.82) is 0 Å². The van der Waals surface area contributed by atoms with E-state index in [-0.39, 0.29) is 6.04 Å². The molecule has 0 saturated carbocycles. The Balaban J connectivity index is 2.12. The predicted octanol–water partition coefficient (Wildman–Crippen LogP) is 1.82. The Labute approximate surface area is 88.3 Å². The van der Waals surface area contributed by atoms with Gasteiger partial charge in [-0.05, 0) is 0 Å². The molecule has 1 atom stereocenters. The standard InChI is InChI=1S/C8H9F3N2OS/c9-8(10,11)6-4-15-7(13-6)5-3-14-2-1-12-5/h4-5,12H,1-3H2. The minimum Gasteiger partial charge on any atom is -0.378 e. The molecule has 0 bridgehead atoms. The fourth-order valence-electron chi connectivity index (χ4n) is 1.30. The van der Waals surface area contributed by atoms with Crippen LogP contribution in [0, 0.1) is 0 Å². The zero-order valence-electron chi connectivity index (χ0n) is 7.67. The lowest BCUT2D eigenvalue weighted by atomic mass is 10.3. The van der Waals surface area contributed by atoms with Crippen LogP contribution in [0.5, 0.6) is 0 Å². The average Bonchev–Trinajstić information content (AvgIpc) is 2.67. The molecule has 1 unspecified atom stereocenters. The van der Waals surface area contributed by atoms with Crippen molar-refractivity contribution in [3.63, 3.8) is 0 Å². The molecular weight excluding hydrogens is 229 g/mol. The van der Waals surface area contributed by atoms with Gasteiger partial charge >= 0.3 is 6.18 Å². The van der Waals surface area contributed by atoms with Gasteiger partial charge in [-0.3, -0.25) is 0 Å². The molecule has 1 aromatic rings. The maximum atomic E-state index is 12.3. The summed E-state index contributed by atoms with van der Waals surface area (Å²) in [7, 11) is 0. The van der Waals surface area contributed by atoms with Crippen LogP contribution in [0.2, 0.25) is 0 Å². The molecule has 0 radical (unpaired) electrons. The van der Waals surface area contributed by atoms with Crippen LogP contribution in [-0.2, 0) is 10.9 Å². The van der Waals surface area contributed by atoms with E-state index in [9.17, 15) is 13.2 Å². The number of aromatic nitrogens is 1. The van der Waals surface area contributed by atoms with Crippen molar-refractivity contribution in [2.24, 2.45) is 0 Å². The smallest absolute Gasteiger partial charge is 0.378 e. The van der Waals surface area contributed by atoms with Gasteiger partial charge < -0.3 is 10.1 Å². The van der Waals surface area contributed by atoms with Crippen LogP contribution < -0.4 is 5.32 Å². The summed E-state index contributed by atoms with van der Waals surface area (Å²) in [6, 6.07) is -0.208. The van der Waals surface area contributed by atoms with Crippen molar-refractivity contribution in [3.05, 3.63) is 16.1 Å². The lowest BCUT2D eigenvalue weighted by Gasteiger charge is -2.21. The number of ether oxygens (including phenoxy) is 1. The van der Waals surface area contributed by atoms with Crippen LogP contribution in [-0.4, -0.2) is 24.7 Å². The van der Waals surface area contributed by atoms with E-state index in [1.165, 1.54) is 0 Å². The fraction of sp³-hybridized carbons (Fsp3) is 0.625. The first-order valence-corrected chi connectivity index (χ1v) is 5.29. The number of morpholine rings is 1. The van der Waals surface area contributed by atoms with Gasteiger partial charge in [0.15, 0.2) is 5.69 Å². The summed E-state index contributed by atoms with van der Waals surface area (Å²) in [6.07, 6.45) is -4.36. The molecule has 84 valence electrons. The molecule has 0 spiro atoms. The van der Waals surface area contributed by atoms with E-state index in [2.05, 4.69) is 10.3 Å². The lowest BCUT2D eigenvalue weighted by molar-refractivity contribution is -0.140. The van der Waals surface area contributed by atoms with Gasteiger partial charge in [0, 0.05) is 11.9 Å². The second-order valence-corrected chi connectivity index (χ2v) is 4.04. The van der Waals surface area contributed by atoms with Gasteiger partial charge in [0.05, 0.1) is 19.3 Å². The molecule has 1 fully saturated rings. The van der Waals surface area contributed by atoms with Gasteiger partial charge in [-0.25, -0.2) is 4.98 Å². The Morgan fingerprint density at radius 1 is 1.53 bits per heavy atom. The van der Waals surface area contributed by atoms with Crippen molar-refractivity contribution < 1.29 is 17.9 Å². The quantitative estimate of drug-likeness (QED) is 0.810. The van der Waals surface area contributed by atoms with E-state index in [1.807, 2.05) is 0 Å². The van der Waals surface area contributed by atoms with Gasteiger partial charge in [0.2, 0.25) is 0 Å². The van der Waals surface area contributed by atoms with Crippen LogP contribution in [0.4, 0.5) is 13.2 Å². The van der Waals surface area contributed by atoms with E-state index >= 15 is 0 Å². The number of nitrogens with zero attached hydrogens (tertiary/aromatic N) is 1. The third-order valence-corrected chi connectivity index (χ3v) is 2.99. The number of thiazole rings is 1. The number of nitrogens with one attached hydrogen (secondary N) is 1. The fourth-order valence-corrected chi connectivity index (χ4v) is 2.19. The minimum atomic E-state index is -4.36. The molecule has 2 rings (SSSR count). The highest BCUT2D eigenvalue weighted by Gasteiger charge is 2.34. The van der Waals surface area contributed by atoms with Gasteiger partial charge in [0.1, 0.15) is 5.01 Å². The third-order valence-electron chi connectivity index (χ3n) is 2.03. The summed E-state index contributed by atoms with van der Waals surface area (Å²) in [6.45, 7) is 1.62. The molecular formula is C8H9F3N2OS. The molecule has 0 amide bonds. The highest BCUT2D eigenvalue weighted by molar-refractivity contribution is 7.09. The minimum absolute atomic E-state index is 0.208. The van der Waals surface area contributed by atoms with E-state index in [0.717, 1.165) is 16.7 Å². The molecule has 1 aliphatic heterocycles. The van der Waals surface area contributed by atoms with Crippen LogP contribution in [0.25, 0.3) is 0 Å². The Morgan fingerprint density at radius 3 is 2.87 bits per heavy atom. The largest absolute Gasteiger partial charge is 0.434 e. The van der Waals surface area contributed by atoms with E-state index in [4.69, 9.17) is 4.74 Å². The number of alkyl halides is 3. The molecule has 1 N–H and O–H groups in total. The van der Waals surface area contributed by atoms with Crippen molar-refractivity contribution in [3.8, 4) is 0 Å². The van der Waals surface area contributed by atoms with Crippen LogP contribution in [0.3, 0.4) is 0 Å². The molecule has 1 aliphatic rings. The van der Waals surface area contributed by atoms with E-state index in [0.29, 0.717) is 24.8 Å². The zero-order valence-corrected chi connectivity index (χ0v) is 8.49. The Kier molecular flexibility index (Phi) is 2.94. The zero-order chi connectivity index (χ0) is 10.9. The molecule has 1 saturated heterocycles. The second-order valence-electron chi connectivity index (χ2n) is 3.15. The Hall–Kier alpha value is -0.660. The summed E-state index contributed by atoms with van der Waals surface area (Å²) in [4.78, 5) is 3.56. The number of hydrogen-bond acceptors (Lipinski definition) is 4. The number of rotatable bonds is 1. The lowest BCUT2D eigenvalue weighted by Crippen LogP contribution is -2.34. The van der Waals surface area contributed by atoms with Gasteiger partial charge in [-0.2, -0.15) is 13.2 Å². The van der Waals surface area contributed by atoms with Crippen LogP contribution in [0.1, 0.15) is 16.7 Å². The SMILES string of the molecule is FC(F)(F)c1csc(C2COCCN2)n1. The summed E-state index contributed by atoms with van der Waals surface area (Å²) in [5.74, 6) is 0. The summed E-state index contributed by atoms with van der Waals surface area (Å²) in [5.41, 5.74) is -0.824. The summed E-state index contributed by atoms with van der Waals surface area (Å²) in [5, 5.41) is 4.52. The second kappa shape index (κ2) is 4.07. The number of hydrogen-bond donors (Lipinski definition) is 1. The van der Waals surface area contributed by atoms with E-state index in [1.54, 1.807) is 0 Å². The van der Waals surface area contributed by atoms with Gasteiger partial charge in [0.25, 0.3) is 0 Å². The molecule has 3 nitrogen and oxygen atoms in total. The normalized spacial score (nSPS) is 23.0. The molecule has 15 heavy (non-hydrogen) atoms. The Morgan fingerprint density at radius 2 is 2.33 bits per heavy atom. The molecule has 2 heterocycles. The monoisotopic (exact) mass is 238 g/mol. The molecule has 0 aliphatic carbocycles. The van der Waals surface area contributed by atoms with Crippen molar-refractivity contribution in [2.75, 3.05) is 19.8 Å². The first kappa shape index (κ1) is 10.8. The average molecular weight is 238 g/mol. The molecule has 0 aromatic carbocycles. The van der Waals surface area contributed by atoms with E-state index < -0.39 is 11.9 Å². The predicted molar refractivity (Wildman–Crippen MR) is 48.7 cm³/mol. The van der Waals surface area contributed by atoms with Crippen molar-refractivity contribution in [2.45, 2.75) is 12.2 Å². The topological polar surface area (TPSA) is 34.1 Å². The first-order valence-electron chi connectivity index (χ1n) is 4.41. The molecule has 7 heteroatoms. The van der Waals surface area contributed by atoms with Crippen molar-refractivity contribution in [1.82, 2.24) is 10.3 Å². The number of halogens is 3. The highest BCUT2D eigenvalue weighted by atomic mass is 32.1. The third kappa shape index (κ3) is 2.47. The highest BCUT2D eigenvalue weighted by Crippen LogP contribution is 2.31. The van der Waals surface area contributed by atoms with Gasteiger partial charge in [-0.15, -0.1) is 11.3 Å². The first-order chi connectivity index (χ1) is 7.07. The molecule has 1 aromatic heterocycles. The van der Waals surface area contributed by atoms with Gasteiger partial charge in [-0.1, -0.05) is 0 Å². The van der Waals surface area contributed by atoms with Crippen LogP contribution in [0.15, 0.2) is 5.38 Å². The summed E-state index contributed by atoms with van der Waals surface area (Å²) >= 11 is 1.01. The summed E-state index contributed by atoms with van der Waals surface area (Å²) < 4.78 is 41.9. The maximum absolute atomic E-state index is 12.3. The van der Waals surface area contributed by atoms with Crippen LogP contribution >= 0.6 is 11.3 Å². The van der Waals surface area contributed by atoms with Crippen molar-refractivity contribution >= 4 is 11.3 Å².